The molecule has 2 rings (SSSR count). The van der Waals surface area contributed by atoms with Crippen molar-refractivity contribution < 1.29 is 19.1 Å². The summed E-state index contributed by atoms with van der Waals surface area (Å²) in [4.78, 5) is 23.1. The third-order valence-corrected chi connectivity index (χ3v) is 2.23. The third-order valence-electron chi connectivity index (χ3n) is 2.23. The molecule has 0 unspecified atom stereocenters. The fourth-order valence-electron chi connectivity index (χ4n) is 1.29. The lowest BCUT2D eigenvalue weighted by atomic mass is 10.3. The lowest BCUT2D eigenvalue weighted by Gasteiger charge is -2.07. The van der Waals surface area contributed by atoms with E-state index in [4.69, 9.17) is 9.52 Å². The van der Waals surface area contributed by atoms with Gasteiger partial charge in [-0.3, -0.25) is 9.59 Å². The average Bonchev–Trinajstić information content (AvgIpc) is 2.97. The van der Waals surface area contributed by atoms with Crippen LogP contribution in [0.25, 0.3) is 11.6 Å². The van der Waals surface area contributed by atoms with Crippen molar-refractivity contribution in [1.82, 2.24) is 25.5 Å². The van der Waals surface area contributed by atoms with Crippen LogP contribution in [0.15, 0.2) is 22.8 Å². The van der Waals surface area contributed by atoms with E-state index in [-0.39, 0.29) is 12.4 Å². The van der Waals surface area contributed by atoms with E-state index in [9.17, 15) is 9.59 Å². The Morgan fingerprint density at radius 2 is 2.37 bits per heavy atom. The molecule has 0 aliphatic rings. The molecule has 0 radical (unpaired) electrons. The second-order valence-corrected chi connectivity index (χ2v) is 3.75. The Bertz CT molecular complexity index is 577. The van der Waals surface area contributed by atoms with E-state index in [0.717, 1.165) is 4.80 Å². The smallest absolute Gasteiger partial charge is 0.325 e. The molecule has 9 nitrogen and oxygen atoms in total. The maximum absolute atomic E-state index is 11.5. The summed E-state index contributed by atoms with van der Waals surface area (Å²) in [5.74, 6) is -0.941. The molecule has 0 aliphatic heterocycles. The van der Waals surface area contributed by atoms with Gasteiger partial charge < -0.3 is 14.8 Å². The molecule has 2 N–H and O–H groups in total. The van der Waals surface area contributed by atoms with Gasteiger partial charge in [0.1, 0.15) is 12.6 Å². The van der Waals surface area contributed by atoms with Gasteiger partial charge in [0, 0.05) is 0 Å². The van der Waals surface area contributed by atoms with E-state index in [1.165, 1.54) is 13.2 Å². The topological polar surface area (TPSA) is 123 Å². The fraction of sp³-hybridized carbons (Fsp3) is 0.300. The standard InChI is InChI=1S/C10H11N5O4/c1-6(10(17)18)11-8(16)5-15-13-9(12-14-15)7-3-2-4-19-7/h2-4,6H,5H2,1H3,(H,11,16)(H,17,18)/t6-/m0/s1. The first-order valence-corrected chi connectivity index (χ1v) is 5.40. The van der Waals surface area contributed by atoms with Crippen molar-refractivity contribution in [3.63, 3.8) is 0 Å². The quantitative estimate of drug-likeness (QED) is 0.748. The molecular formula is C10H11N5O4. The predicted molar refractivity (Wildman–Crippen MR) is 60.8 cm³/mol. The summed E-state index contributed by atoms with van der Waals surface area (Å²) < 4.78 is 5.08. The van der Waals surface area contributed by atoms with E-state index in [0.29, 0.717) is 5.76 Å². The summed E-state index contributed by atoms with van der Waals surface area (Å²) in [5, 5.41) is 22.3. The molecule has 0 aromatic carbocycles. The first-order chi connectivity index (χ1) is 9.06. The highest BCUT2D eigenvalue weighted by atomic mass is 16.4. The number of carbonyl (C=O) groups excluding carboxylic acids is 1. The number of amides is 1. The van der Waals surface area contributed by atoms with Gasteiger partial charge in [0.25, 0.3) is 0 Å². The number of aliphatic carboxylic acids is 1. The van der Waals surface area contributed by atoms with Crippen molar-refractivity contribution in [3.8, 4) is 11.6 Å². The zero-order chi connectivity index (χ0) is 13.8. The molecule has 2 aromatic rings. The monoisotopic (exact) mass is 265 g/mol. The predicted octanol–water partition coefficient (Wildman–Crippen LogP) is -0.478. The van der Waals surface area contributed by atoms with Crippen LogP contribution in [0.1, 0.15) is 6.92 Å². The Morgan fingerprint density at radius 1 is 1.58 bits per heavy atom. The van der Waals surface area contributed by atoms with Gasteiger partial charge in [0.2, 0.25) is 11.7 Å². The Morgan fingerprint density at radius 3 is 3.00 bits per heavy atom. The molecule has 0 bridgehead atoms. The Labute approximate surface area is 107 Å². The van der Waals surface area contributed by atoms with E-state index in [2.05, 4.69) is 20.7 Å². The first kappa shape index (κ1) is 12.7. The summed E-state index contributed by atoms with van der Waals surface area (Å²) in [6.45, 7) is 1.15. The van der Waals surface area contributed by atoms with Crippen molar-refractivity contribution in [3.05, 3.63) is 18.4 Å². The summed E-state index contributed by atoms with van der Waals surface area (Å²) in [6, 6.07) is 2.37. The molecule has 9 heteroatoms. The van der Waals surface area contributed by atoms with Crippen molar-refractivity contribution in [2.45, 2.75) is 19.5 Å². The zero-order valence-corrected chi connectivity index (χ0v) is 9.98. The van der Waals surface area contributed by atoms with Crippen molar-refractivity contribution in [2.24, 2.45) is 0 Å². The number of rotatable bonds is 5. The van der Waals surface area contributed by atoms with E-state index < -0.39 is 17.9 Å². The van der Waals surface area contributed by atoms with E-state index in [1.54, 1.807) is 12.1 Å². The van der Waals surface area contributed by atoms with E-state index in [1.807, 2.05) is 0 Å². The number of hydrogen-bond acceptors (Lipinski definition) is 6. The lowest BCUT2D eigenvalue weighted by molar-refractivity contribution is -0.141. The van der Waals surface area contributed by atoms with Crippen molar-refractivity contribution in [1.29, 1.82) is 0 Å². The van der Waals surface area contributed by atoms with Crippen LogP contribution in [-0.4, -0.2) is 43.2 Å². The number of carboxylic acid groups (broad SMARTS) is 1. The van der Waals surface area contributed by atoms with Crippen LogP contribution in [-0.2, 0) is 16.1 Å². The minimum absolute atomic E-state index is 0.217. The SMILES string of the molecule is C[C@H](NC(=O)Cn1nnc(-c2ccco2)n1)C(=O)O. The number of nitrogens with one attached hydrogen (secondary N) is 1. The van der Waals surface area contributed by atoms with Gasteiger partial charge in [0.15, 0.2) is 5.76 Å². The van der Waals surface area contributed by atoms with Crippen LogP contribution in [0.3, 0.4) is 0 Å². The van der Waals surface area contributed by atoms with Crippen LogP contribution in [0, 0.1) is 0 Å². The summed E-state index contributed by atoms with van der Waals surface area (Å²) >= 11 is 0. The molecule has 2 aromatic heterocycles. The molecular weight excluding hydrogens is 254 g/mol. The number of tetrazole rings is 1. The van der Waals surface area contributed by atoms with Gasteiger partial charge in [-0.05, 0) is 24.3 Å². The van der Waals surface area contributed by atoms with Gasteiger partial charge in [0.05, 0.1) is 6.26 Å². The van der Waals surface area contributed by atoms with Crippen LogP contribution in [0.4, 0.5) is 0 Å². The van der Waals surface area contributed by atoms with Gasteiger partial charge in [-0.15, -0.1) is 10.2 Å². The van der Waals surface area contributed by atoms with E-state index >= 15 is 0 Å². The minimum atomic E-state index is -1.11. The molecule has 1 amide bonds. The maximum atomic E-state index is 11.5. The largest absolute Gasteiger partial charge is 0.480 e. The molecule has 0 fully saturated rings. The number of furan rings is 1. The van der Waals surface area contributed by atoms with Gasteiger partial charge in [-0.25, -0.2) is 0 Å². The number of carbonyl (C=O) groups is 2. The third kappa shape index (κ3) is 3.15. The highest BCUT2D eigenvalue weighted by Gasteiger charge is 2.16. The highest BCUT2D eigenvalue weighted by Crippen LogP contribution is 2.12. The van der Waals surface area contributed by atoms with Crippen molar-refractivity contribution in [2.75, 3.05) is 0 Å². The number of hydrogen-bond donors (Lipinski definition) is 2. The average molecular weight is 265 g/mol. The summed E-state index contributed by atoms with van der Waals surface area (Å²) in [7, 11) is 0. The lowest BCUT2D eigenvalue weighted by Crippen LogP contribution is -2.40. The van der Waals surface area contributed by atoms with Crippen LogP contribution < -0.4 is 5.32 Å². The van der Waals surface area contributed by atoms with Crippen LogP contribution in [0.2, 0.25) is 0 Å². The van der Waals surface area contributed by atoms with Crippen molar-refractivity contribution >= 4 is 11.9 Å². The van der Waals surface area contributed by atoms with Gasteiger partial charge in [-0.2, -0.15) is 4.80 Å². The molecule has 0 spiro atoms. The van der Waals surface area contributed by atoms with Gasteiger partial charge in [-0.1, -0.05) is 0 Å². The van der Waals surface area contributed by atoms with Gasteiger partial charge >= 0.3 is 5.97 Å². The number of nitrogens with zero attached hydrogens (tertiary/aromatic N) is 4. The summed E-state index contributed by atoms with van der Waals surface area (Å²) in [6.07, 6.45) is 1.47. The molecule has 2 heterocycles. The second kappa shape index (κ2) is 5.29. The highest BCUT2D eigenvalue weighted by molar-refractivity contribution is 5.82. The zero-order valence-electron chi connectivity index (χ0n) is 9.98. The Kier molecular flexibility index (Phi) is 3.55. The minimum Gasteiger partial charge on any atom is -0.480 e. The molecule has 19 heavy (non-hydrogen) atoms. The number of carboxylic acids is 1. The summed E-state index contributed by atoms with van der Waals surface area (Å²) in [5.41, 5.74) is 0. The van der Waals surface area contributed by atoms with Crippen LogP contribution in [0.5, 0.6) is 0 Å². The fourth-order valence-corrected chi connectivity index (χ4v) is 1.29. The Hall–Kier alpha value is -2.71. The molecule has 0 saturated carbocycles. The molecule has 1 atom stereocenters. The Balaban J connectivity index is 1.97. The second-order valence-electron chi connectivity index (χ2n) is 3.75. The molecule has 0 saturated heterocycles. The molecule has 0 aliphatic carbocycles. The first-order valence-electron chi connectivity index (χ1n) is 5.40. The number of aromatic nitrogens is 4. The van der Waals surface area contributed by atoms with Crippen LogP contribution >= 0.6 is 0 Å². The molecule has 100 valence electrons. The maximum Gasteiger partial charge on any atom is 0.325 e. The normalized spacial score (nSPS) is 12.1.